The molecule has 0 fully saturated rings. The third kappa shape index (κ3) is 7.24. The van der Waals surface area contributed by atoms with Crippen LogP contribution >= 0.6 is 0 Å². The number of nitrogens with one attached hydrogen (secondary N) is 2. The Morgan fingerprint density at radius 3 is 2.00 bits per heavy atom. The summed E-state index contributed by atoms with van der Waals surface area (Å²) in [6.45, 7) is 8.48. The lowest BCUT2D eigenvalue weighted by Gasteiger charge is -2.18. The van der Waals surface area contributed by atoms with Gasteiger partial charge in [0.05, 0.1) is 24.6 Å². The fourth-order valence-corrected chi connectivity index (χ4v) is 3.39. The van der Waals surface area contributed by atoms with Crippen LogP contribution in [0.25, 0.3) is 0 Å². The van der Waals surface area contributed by atoms with Crippen LogP contribution in [0.1, 0.15) is 49.5 Å². The van der Waals surface area contributed by atoms with Crippen molar-refractivity contribution in [3.63, 3.8) is 0 Å². The first-order chi connectivity index (χ1) is 16.9. The molecule has 184 valence electrons. The molecule has 0 unspecified atom stereocenters. The molecule has 3 rings (SSSR count). The fraction of sp³-hybridized carbons (Fsp3) is 0.286. The van der Waals surface area contributed by atoms with Crippen molar-refractivity contribution in [1.29, 1.82) is 0 Å². The van der Waals surface area contributed by atoms with E-state index in [1.54, 1.807) is 36.4 Å². The highest BCUT2D eigenvalue weighted by Crippen LogP contribution is 2.37. The zero-order valence-electron chi connectivity index (χ0n) is 20.6. The van der Waals surface area contributed by atoms with Crippen molar-refractivity contribution in [2.24, 2.45) is 0 Å². The molecule has 0 aromatic heterocycles. The van der Waals surface area contributed by atoms with Crippen LogP contribution in [0, 0.1) is 0 Å². The van der Waals surface area contributed by atoms with Crippen LogP contribution in [-0.4, -0.2) is 31.6 Å². The number of rotatable bonds is 11. The van der Waals surface area contributed by atoms with Gasteiger partial charge in [0.25, 0.3) is 11.8 Å². The quantitative estimate of drug-likeness (QED) is 0.361. The monoisotopic (exact) mass is 476 g/mol. The normalized spacial score (nSPS) is 10.5. The Kier molecular flexibility index (Phi) is 9.12. The zero-order valence-corrected chi connectivity index (χ0v) is 20.6. The molecule has 0 atom stereocenters. The summed E-state index contributed by atoms with van der Waals surface area (Å²) in [5, 5.41) is 5.70. The van der Waals surface area contributed by atoms with Crippen molar-refractivity contribution in [2.45, 2.75) is 33.6 Å². The zero-order chi connectivity index (χ0) is 25.2. The number of carbonyl (C=O) groups is 2. The standard InChI is InChI=1S/C28H32N2O5/c1-5-33-25-17-24(30-28(32)20-11-8-7-9-12-20)26(34-6-2)16-23(25)29-27(31)18-35-22-14-10-13-21(15-22)19(3)4/h7-17,19H,5-6,18H2,1-4H3,(H,29,31)(H,30,32). The Morgan fingerprint density at radius 1 is 0.771 bits per heavy atom. The average Bonchev–Trinajstić information content (AvgIpc) is 2.86. The van der Waals surface area contributed by atoms with Crippen molar-refractivity contribution < 1.29 is 23.8 Å². The molecule has 35 heavy (non-hydrogen) atoms. The highest BCUT2D eigenvalue weighted by Gasteiger charge is 2.17. The number of carbonyl (C=O) groups excluding carboxylic acids is 2. The van der Waals surface area contributed by atoms with Crippen molar-refractivity contribution in [3.05, 3.63) is 77.9 Å². The largest absolute Gasteiger partial charge is 0.492 e. The lowest BCUT2D eigenvalue weighted by molar-refractivity contribution is -0.118. The molecular formula is C28H32N2O5. The summed E-state index contributed by atoms with van der Waals surface area (Å²) in [6, 6.07) is 19.9. The number of hydrogen-bond acceptors (Lipinski definition) is 5. The van der Waals surface area contributed by atoms with E-state index in [9.17, 15) is 9.59 Å². The van der Waals surface area contributed by atoms with Crippen LogP contribution in [-0.2, 0) is 4.79 Å². The molecule has 0 saturated heterocycles. The van der Waals surface area contributed by atoms with Gasteiger partial charge in [0.2, 0.25) is 0 Å². The topological polar surface area (TPSA) is 85.9 Å². The van der Waals surface area contributed by atoms with Crippen molar-refractivity contribution >= 4 is 23.2 Å². The van der Waals surface area contributed by atoms with Gasteiger partial charge in [0.1, 0.15) is 17.2 Å². The summed E-state index contributed by atoms with van der Waals surface area (Å²) in [4.78, 5) is 25.4. The maximum atomic E-state index is 12.7. The maximum absolute atomic E-state index is 12.7. The van der Waals surface area contributed by atoms with Gasteiger partial charge in [0, 0.05) is 17.7 Å². The first-order valence-corrected chi connectivity index (χ1v) is 11.7. The van der Waals surface area contributed by atoms with E-state index >= 15 is 0 Å². The van der Waals surface area contributed by atoms with E-state index < -0.39 is 0 Å². The molecule has 0 bridgehead atoms. The van der Waals surface area contributed by atoms with E-state index in [1.165, 1.54) is 0 Å². The molecule has 0 heterocycles. The highest BCUT2D eigenvalue weighted by molar-refractivity contribution is 6.05. The Labute approximate surface area is 206 Å². The summed E-state index contributed by atoms with van der Waals surface area (Å²) in [7, 11) is 0. The first-order valence-electron chi connectivity index (χ1n) is 11.7. The third-order valence-electron chi connectivity index (χ3n) is 5.13. The van der Waals surface area contributed by atoms with E-state index in [4.69, 9.17) is 14.2 Å². The van der Waals surface area contributed by atoms with Crippen LogP contribution in [0.3, 0.4) is 0 Å². The molecule has 0 spiro atoms. The van der Waals surface area contributed by atoms with Gasteiger partial charge in [-0.3, -0.25) is 9.59 Å². The SMILES string of the molecule is CCOc1cc(NC(=O)c2ccccc2)c(OCC)cc1NC(=O)COc1cccc(C(C)C)c1. The van der Waals surface area contributed by atoms with E-state index in [1.807, 2.05) is 44.2 Å². The van der Waals surface area contributed by atoms with Crippen molar-refractivity contribution in [1.82, 2.24) is 0 Å². The molecule has 7 nitrogen and oxygen atoms in total. The molecule has 3 aromatic carbocycles. The second-order valence-corrected chi connectivity index (χ2v) is 8.09. The Hall–Kier alpha value is -4.00. The van der Waals surface area contributed by atoms with E-state index in [-0.39, 0.29) is 18.4 Å². The van der Waals surface area contributed by atoms with Crippen LogP contribution in [0.15, 0.2) is 66.7 Å². The van der Waals surface area contributed by atoms with Crippen LogP contribution in [0.2, 0.25) is 0 Å². The molecule has 2 N–H and O–H groups in total. The summed E-state index contributed by atoms with van der Waals surface area (Å²) in [5.41, 5.74) is 2.53. The number of amides is 2. The minimum atomic E-state index is -0.343. The van der Waals surface area contributed by atoms with Gasteiger partial charge in [0.15, 0.2) is 6.61 Å². The Balaban J connectivity index is 1.77. The molecule has 0 aliphatic rings. The van der Waals surface area contributed by atoms with E-state index in [0.717, 1.165) is 5.56 Å². The highest BCUT2D eigenvalue weighted by atomic mass is 16.5. The van der Waals surface area contributed by atoms with Gasteiger partial charge < -0.3 is 24.8 Å². The first kappa shape index (κ1) is 25.6. The van der Waals surface area contributed by atoms with Gasteiger partial charge in [-0.25, -0.2) is 0 Å². The number of hydrogen-bond donors (Lipinski definition) is 2. The van der Waals surface area contributed by atoms with Gasteiger partial charge >= 0.3 is 0 Å². The molecule has 7 heteroatoms. The predicted octanol–water partition coefficient (Wildman–Crippen LogP) is 5.88. The Bertz CT molecular complexity index is 1150. The van der Waals surface area contributed by atoms with Crippen LogP contribution < -0.4 is 24.8 Å². The minimum absolute atomic E-state index is 0.163. The third-order valence-corrected chi connectivity index (χ3v) is 5.13. The predicted molar refractivity (Wildman–Crippen MR) is 138 cm³/mol. The molecule has 0 aliphatic carbocycles. The molecule has 3 aromatic rings. The number of benzene rings is 3. The summed E-state index contributed by atoms with van der Waals surface area (Å²) in [6.07, 6.45) is 0. The molecule has 0 saturated carbocycles. The van der Waals surface area contributed by atoms with Crippen LogP contribution in [0.4, 0.5) is 11.4 Å². The van der Waals surface area contributed by atoms with Crippen molar-refractivity contribution in [3.8, 4) is 17.2 Å². The fourth-order valence-electron chi connectivity index (χ4n) is 3.39. The second kappa shape index (κ2) is 12.5. The summed E-state index contributed by atoms with van der Waals surface area (Å²) >= 11 is 0. The number of anilines is 2. The second-order valence-electron chi connectivity index (χ2n) is 8.09. The van der Waals surface area contributed by atoms with E-state index in [2.05, 4.69) is 24.5 Å². The molecular weight excluding hydrogens is 444 g/mol. The average molecular weight is 477 g/mol. The van der Waals surface area contributed by atoms with Crippen molar-refractivity contribution in [2.75, 3.05) is 30.5 Å². The van der Waals surface area contributed by atoms with Gasteiger partial charge in [-0.1, -0.05) is 44.2 Å². The smallest absolute Gasteiger partial charge is 0.262 e. The minimum Gasteiger partial charge on any atom is -0.492 e. The maximum Gasteiger partial charge on any atom is 0.262 e. The van der Waals surface area contributed by atoms with Gasteiger partial charge in [-0.15, -0.1) is 0 Å². The van der Waals surface area contributed by atoms with Crippen LogP contribution in [0.5, 0.6) is 17.2 Å². The molecule has 0 aliphatic heterocycles. The van der Waals surface area contributed by atoms with E-state index in [0.29, 0.717) is 53.3 Å². The lowest BCUT2D eigenvalue weighted by Crippen LogP contribution is -2.21. The number of ether oxygens (including phenoxy) is 3. The summed E-state index contributed by atoms with van der Waals surface area (Å²) < 4.78 is 17.2. The molecule has 2 amide bonds. The van der Waals surface area contributed by atoms with Gasteiger partial charge in [-0.2, -0.15) is 0 Å². The summed E-state index contributed by atoms with van der Waals surface area (Å²) in [5.74, 6) is 1.20. The van der Waals surface area contributed by atoms with Gasteiger partial charge in [-0.05, 0) is 49.6 Å². The Morgan fingerprint density at radius 2 is 1.40 bits per heavy atom. The molecule has 0 radical (unpaired) electrons. The lowest BCUT2D eigenvalue weighted by atomic mass is 10.0.